The van der Waals surface area contributed by atoms with Crippen molar-refractivity contribution in [3.8, 4) is 0 Å². The van der Waals surface area contributed by atoms with Gasteiger partial charge in [0.25, 0.3) is 5.91 Å². The molecule has 1 aromatic rings. The summed E-state index contributed by atoms with van der Waals surface area (Å²) < 4.78 is 0.914. The lowest BCUT2D eigenvalue weighted by Gasteiger charge is -2.15. The number of nitrogens with zero attached hydrogens (tertiary/aromatic N) is 1. The highest BCUT2D eigenvalue weighted by atomic mass is 79.9. The summed E-state index contributed by atoms with van der Waals surface area (Å²) in [5.74, 6) is -0.778. The molecule has 0 bridgehead atoms. The SMILES string of the molecule is Cc1cc(Br)ccc1NC(=O)CN1C(=O)N[C@@H](C(C)C)C1=O. The standard InChI is InChI=1S/C15H18BrN3O3/c1-8(2)13-14(21)19(15(22)18-13)7-12(20)17-11-5-4-10(16)6-9(11)3/h4-6,8,13H,7H2,1-3H3,(H,17,20)(H,18,22)/t13-/m0/s1. The zero-order valence-electron chi connectivity index (χ0n) is 12.6. The van der Waals surface area contributed by atoms with E-state index in [0.29, 0.717) is 5.69 Å². The summed E-state index contributed by atoms with van der Waals surface area (Å²) in [6.45, 7) is 5.27. The van der Waals surface area contributed by atoms with Crippen LogP contribution in [-0.2, 0) is 9.59 Å². The van der Waals surface area contributed by atoms with Gasteiger partial charge in [-0.2, -0.15) is 0 Å². The Morgan fingerprint density at radius 1 is 1.41 bits per heavy atom. The predicted octanol–water partition coefficient (Wildman–Crippen LogP) is 2.27. The molecule has 2 rings (SSSR count). The predicted molar refractivity (Wildman–Crippen MR) is 86.4 cm³/mol. The third-order valence-electron chi connectivity index (χ3n) is 3.49. The van der Waals surface area contributed by atoms with E-state index in [2.05, 4.69) is 26.6 Å². The first kappa shape index (κ1) is 16.5. The van der Waals surface area contributed by atoms with Gasteiger partial charge in [0, 0.05) is 10.2 Å². The third kappa shape index (κ3) is 3.47. The molecule has 0 aliphatic carbocycles. The van der Waals surface area contributed by atoms with Crippen LogP contribution in [-0.4, -0.2) is 35.3 Å². The summed E-state index contributed by atoms with van der Waals surface area (Å²) >= 11 is 3.35. The number of amides is 4. The van der Waals surface area contributed by atoms with Crippen LogP contribution in [0, 0.1) is 12.8 Å². The fraction of sp³-hybridized carbons (Fsp3) is 0.400. The van der Waals surface area contributed by atoms with Crippen molar-refractivity contribution in [1.82, 2.24) is 10.2 Å². The Morgan fingerprint density at radius 3 is 2.64 bits per heavy atom. The van der Waals surface area contributed by atoms with Gasteiger partial charge in [0.15, 0.2) is 0 Å². The Bertz CT molecular complexity index is 630. The van der Waals surface area contributed by atoms with Gasteiger partial charge in [0.1, 0.15) is 12.6 Å². The quantitative estimate of drug-likeness (QED) is 0.801. The molecule has 2 N–H and O–H groups in total. The molecule has 0 aromatic heterocycles. The number of anilines is 1. The Balaban J connectivity index is 2.03. The van der Waals surface area contributed by atoms with Crippen molar-refractivity contribution < 1.29 is 14.4 Å². The molecular formula is C15H18BrN3O3. The van der Waals surface area contributed by atoms with Crippen molar-refractivity contribution in [1.29, 1.82) is 0 Å². The maximum absolute atomic E-state index is 12.1. The Kier molecular flexibility index (Phi) is 4.85. The van der Waals surface area contributed by atoms with Gasteiger partial charge in [-0.25, -0.2) is 4.79 Å². The highest BCUT2D eigenvalue weighted by Crippen LogP contribution is 2.20. The van der Waals surface area contributed by atoms with Crippen molar-refractivity contribution in [2.45, 2.75) is 26.8 Å². The van der Waals surface area contributed by atoms with Crippen LogP contribution in [0.5, 0.6) is 0 Å². The molecular weight excluding hydrogens is 350 g/mol. The molecule has 1 saturated heterocycles. The van der Waals surface area contributed by atoms with Crippen LogP contribution in [0.4, 0.5) is 10.5 Å². The van der Waals surface area contributed by atoms with E-state index < -0.39 is 18.0 Å². The molecule has 1 atom stereocenters. The number of hydrogen-bond donors (Lipinski definition) is 2. The van der Waals surface area contributed by atoms with Crippen LogP contribution >= 0.6 is 15.9 Å². The van der Waals surface area contributed by atoms with E-state index in [-0.39, 0.29) is 18.4 Å². The lowest BCUT2D eigenvalue weighted by Crippen LogP contribution is -2.39. The third-order valence-corrected chi connectivity index (χ3v) is 3.98. The Hall–Kier alpha value is -1.89. The number of carbonyl (C=O) groups is 3. The highest BCUT2D eigenvalue weighted by molar-refractivity contribution is 9.10. The first-order valence-corrected chi connectivity index (χ1v) is 7.76. The molecule has 1 aliphatic rings. The van der Waals surface area contributed by atoms with Crippen LogP contribution in [0.15, 0.2) is 22.7 Å². The van der Waals surface area contributed by atoms with Crippen molar-refractivity contribution in [2.24, 2.45) is 5.92 Å². The van der Waals surface area contributed by atoms with Crippen molar-refractivity contribution in [3.63, 3.8) is 0 Å². The molecule has 22 heavy (non-hydrogen) atoms. The summed E-state index contributed by atoms with van der Waals surface area (Å²) in [6.07, 6.45) is 0. The van der Waals surface area contributed by atoms with Gasteiger partial charge < -0.3 is 10.6 Å². The number of carbonyl (C=O) groups excluding carboxylic acids is 3. The van der Waals surface area contributed by atoms with Gasteiger partial charge in [0.05, 0.1) is 0 Å². The van der Waals surface area contributed by atoms with E-state index in [9.17, 15) is 14.4 Å². The molecule has 1 fully saturated rings. The first-order chi connectivity index (χ1) is 10.3. The number of hydrogen-bond acceptors (Lipinski definition) is 3. The van der Waals surface area contributed by atoms with E-state index >= 15 is 0 Å². The zero-order chi connectivity index (χ0) is 16.4. The highest BCUT2D eigenvalue weighted by Gasteiger charge is 2.40. The molecule has 1 heterocycles. The topological polar surface area (TPSA) is 78.5 Å². The number of aryl methyl sites for hydroxylation is 1. The minimum absolute atomic E-state index is 0.0155. The maximum atomic E-state index is 12.1. The molecule has 0 unspecified atom stereocenters. The molecule has 7 heteroatoms. The summed E-state index contributed by atoms with van der Waals surface area (Å²) in [4.78, 5) is 36.9. The van der Waals surface area contributed by atoms with Crippen LogP contribution in [0.25, 0.3) is 0 Å². The van der Waals surface area contributed by atoms with Gasteiger partial charge in [0.2, 0.25) is 5.91 Å². The minimum Gasteiger partial charge on any atom is -0.326 e. The smallest absolute Gasteiger partial charge is 0.325 e. The second kappa shape index (κ2) is 6.48. The number of imide groups is 1. The van der Waals surface area contributed by atoms with E-state index in [0.717, 1.165) is 14.9 Å². The molecule has 6 nitrogen and oxygen atoms in total. The number of rotatable bonds is 4. The largest absolute Gasteiger partial charge is 0.326 e. The molecule has 1 aliphatic heterocycles. The average Bonchev–Trinajstić information content (AvgIpc) is 2.70. The Morgan fingerprint density at radius 2 is 2.09 bits per heavy atom. The molecule has 1 aromatic carbocycles. The normalized spacial score (nSPS) is 17.9. The molecule has 0 radical (unpaired) electrons. The summed E-state index contributed by atoms with van der Waals surface area (Å²) in [6, 6.07) is 4.37. The number of urea groups is 1. The van der Waals surface area contributed by atoms with Gasteiger partial charge in [-0.15, -0.1) is 0 Å². The lowest BCUT2D eigenvalue weighted by atomic mass is 10.1. The van der Waals surface area contributed by atoms with E-state index in [4.69, 9.17) is 0 Å². The summed E-state index contributed by atoms with van der Waals surface area (Å²) in [5, 5.41) is 5.31. The monoisotopic (exact) mass is 367 g/mol. The molecule has 0 spiro atoms. The average molecular weight is 368 g/mol. The van der Waals surface area contributed by atoms with Crippen LogP contribution in [0.2, 0.25) is 0 Å². The molecule has 0 saturated carbocycles. The van der Waals surface area contributed by atoms with Crippen molar-refractivity contribution in [3.05, 3.63) is 28.2 Å². The maximum Gasteiger partial charge on any atom is 0.325 e. The van der Waals surface area contributed by atoms with Crippen molar-refractivity contribution in [2.75, 3.05) is 11.9 Å². The first-order valence-electron chi connectivity index (χ1n) is 6.97. The molecule has 118 valence electrons. The fourth-order valence-corrected chi connectivity index (χ4v) is 2.72. The lowest BCUT2D eigenvalue weighted by molar-refractivity contribution is -0.131. The second-order valence-corrected chi connectivity index (χ2v) is 6.52. The summed E-state index contributed by atoms with van der Waals surface area (Å²) in [7, 11) is 0. The van der Waals surface area contributed by atoms with E-state index in [1.54, 1.807) is 6.07 Å². The van der Waals surface area contributed by atoms with Crippen molar-refractivity contribution >= 4 is 39.5 Å². The van der Waals surface area contributed by atoms with E-state index in [1.165, 1.54) is 0 Å². The number of benzene rings is 1. The Labute approximate surface area is 137 Å². The minimum atomic E-state index is -0.560. The van der Waals surface area contributed by atoms with Gasteiger partial charge >= 0.3 is 6.03 Å². The molecule has 4 amide bonds. The van der Waals surface area contributed by atoms with Gasteiger partial charge in [-0.1, -0.05) is 29.8 Å². The second-order valence-electron chi connectivity index (χ2n) is 5.60. The number of nitrogens with one attached hydrogen (secondary N) is 2. The van der Waals surface area contributed by atoms with Crippen LogP contribution < -0.4 is 10.6 Å². The summed E-state index contributed by atoms with van der Waals surface area (Å²) in [5.41, 5.74) is 1.54. The van der Waals surface area contributed by atoms with Crippen LogP contribution in [0.3, 0.4) is 0 Å². The van der Waals surface area contributed by atoms with Gasteiger partial charge in [-0.05, 0) is 36.6 Å². The number of halogens is 1. The van der Waals surface area contributed by atoms with Crippen LogP contribution in [0.1, 0.15) is 19.4 Å². The fourth-order valence-electron chi connectivity index (χ4n) is 2.24. The van der Waals surface area contributed by atoms with E-state index in [1.807, 2.05) is 32.9 Å². The van der Waals surface area contributed by atoms with Gasteiger partial charge in [-0.3, -0.25) is 14.5 Å². The zero-order valence-corrected chi connectivity index (χ0v) is 14.2.